The third-order valence-electron chi connectivity index (χ3n) is 3.21. The highest BCUT2D eigenvalue weighted by Crippen LogP contribution is 2.22. The molecule has 2 rings (SSSR count). The lowest BCUT2D eigenvalue weighted by atomic mass is 10.1. The van der Waals surface area contributed by atoms with Crippen molar-refractivity contribution in [3.8, 4) is 0 Å². The number of nitrogens with one attached hydrogen (secondary N) is 1. The second-order valence-corrected chi connectivity index (χ2v) is 5.06. The van der Waals surface area contributed by atoms with E-state index in [0.717, 1.165) is 36.6 Å². The van der Waals surface area contributed by atoms with Gasteiger partial charge in [0, 0.05) is 29.8 Å². The van der Waals surface area contributed by atoms with E-state index in [0.29, 0.717) is 6.61 Å². The minimum Gasteiger partial charge on any atom is -0.450 e. The first-order chi connectivity index (χ1) is 9.19. The molecule has 1 heterocycles. The Morgan fingerprint density at radius 2 is 2.21 bits per heavy atom. The number of piperidine rings is 1. The summed E-state index contributed by atoms with van der Waals surface area (Å²) in [5, 5.41) is 3.64. The highest BCUT2D eigenvalue weighted by Gasteiger charge is 2.21. The van der Waals surface area contributed by atoms with E-state index in [1.54, 1.807) is 6.92 Å². The Labute approximate surface area is 118 Å². The standard InChI is InChI=1S/C14H19ClN2O2/c1-2-19-14(18)16-12-4-3-9-17(10-12)13-7-5-11(15)6-8-13/h5-8,12H,2-4,9-10H2,1H3,(H,16,18). The Hall–Kier alpha value is -1.42. The van der Waals surface area contributed by atoms with E-state index in [9.17, 15) is 4.79 Å². The fraction of sp³-hybridized carbons (Fsp3) is 0.500. The first kappa shape index (κ1) is 14.0. The van der Waals surface area contributed by atoms with Gasteiger partial charge in [0.1, 0.15) is 0 Å². The molecule has 1 aliphatic heterocycles. The molecule has 4 nitrogen and oxygen atoms in total. The topological polar surface area (TPSA) is 41.6 Å². The average Bonchev–Trinajstić information content (AvgIpc) is 2.40. The molecule has 5 heteroatoms. The lowest BCUT2D eigenvalue weighted by Crippen LogP contribution is -2.48. The molecule has 1 saturated heterocycles. The lowest BCUT2D eigenvalue weighted by molar-refractivity contribution is 0.146. The zero-order chi connectivity index (χ0) is 13.7. The van der Waals surface area contributed by atoms with Gasteiger partial charge in [0.15, 0.2) is 0 Å². The van der Waals surface area contributed by atoms with Crippen LogP contribution in [0.1, 0.15) is 19.8 Å². The zero-order valence-electron chi connectivity index (χ0n) is 11.1. The van der Waals surface area contributed by atoms with E-state index in [4.69, 9.17) is 16.3 Å². The normalized spacial score (nSPS) is 19.1. The van der Waals surface area contributed by atoms with Crippen molar-refractivity contribution in [2.45, 2.75) is 25.8 Å². The number of hydrogen-bond donors (Lipinski definition) is 1. The van der Waals surface area contributed by atoms with Crippen LogP contribution in [-0.2, 0) is 4.74 Å². The lowest BCUT2D eigenvalue weighted by Gasteiger charge is -2.34. The molecule has 0 spiro atoms. The number of halogens is 1. The van der Waals surface area contributed by atoms with Gasteiger partial charge in [0.2, 0.25) is 0 Å². The van der Waals surface area contributed by atoms with Crippen molar-refractivity contribution >= 4 is 23.4 Å². The minimum absolute atomic E-state index is 0.142. The first-order valence-electron chi connectivity index (χ1n) is 6.63. The number of amides is 1. The molecule has 0 radical (unpaired) electrons. The maximum atomic E-state index is 11.4. The number of ether oxygens (including phenoxy) is 1. The smallest absolute Gasteiger partial charge is 0.407 e. The number of rotatable bonds is 3. The molecule has 0 bridgehead atoms. The fourth-order valence-electron chi connectivity index (χ4n) is 2.32. The van der Waals surface area contributed by atoms with E-state index in [-0.39, 0.29) is 12.1 Å². The van der Waals surface area contributed by atoms with Crippen LogP contribution in [0.5, 0.6) is 0 Å². The van der Waals surface area contributed by atoms with Gasteiger partial charge in [-0.1, -0.05) is 11.6 Å². The molecule has 1 fully saturated rings. The molecule has 1 atom stereocenters. The van der Waals surface area contributed by atoms with Crippen molar-refractivity contribution in [3.05, 3.63) is 29.3 Å². The second kappa shape index (κ2) is 6.66. The number of nitrogens with zero attached hydrogens (tertiary/aromatic N) is 1. The van der Waals surface area contributed by atoms with Crippen molar-refractivity contribution in [1.82, 2.24) is 5.32 Å². The summed E-state index contributed by atoms with van der Waals surface area (Å²) in [4.78, 5) is 13.7. The highest BCUT2D eigenvalue weighted by molar-refractivity contribution is 6.30. The molecule has 1 amide bonds. The van der Waals surface area contributed by atoms with Crippen molar-refractivity contribution < 1.29 is 9.53 Å². The van der Waals surface area contributed by atoms with Crippen LogP contribution in [0.2, 0.25) is 5.02 Å². The van der Waals surface area contributed by atoms with Crippen LogP contribution in [0.25, 0.3) is 0 Å². The zero-order valence-corrected chi connectivity index (χ0v) is 11.8. The van der Waals surface area contributed by atoms with Crippen LogP contribution in [0.15, 0.2) is 24.3 Å². The quantitative estimate of drug-likeness (QED) is 0.926. The van der Waals surface area contributed by atoms with E-state index in [2.05, 4.69) is 10.2 Å². The number of anilines is 1. The first-order valence-corrected chi connectivity index (χ1v) is 7.00. The summed E-state index contributed by atoms with van der Waals surface area (Å²) in [5.41, 5.74) is 1.14. The number of carbonyl (C=O) groups excluding carboxylic acids is 1. The third kappa shape index (κ3) is 4.03. The van der Waals surface area contributed by atoms with Gasteiger partial charge in [-0.05, 0) is 44.0 Å². The number of hydrogen-bond acceptors (Lipinski definition) is 3. The third-order valence-corrected chi connectivity index (χ3v) is 3.46. The Balaban J connectivity index is 1.93. The molecule has 1 aromatic rings. The maximum absolute atomic E-state index is 11.4. The van der Waals surface area contributed by atoms with Crippen LogP contribution in [0, 0.1) is 0 Å². The van der Waals surface area contributed by atoms with Gasteiger partial charge in [-0.15, -0.1) is 0 Å². The second-order valence-electron chi connectivity index (χ2n) is 4.63. The molecule has 104 valence electrons. The Morgan fingerprint density at radius 1 is 1.47 bits per heavy atom. The Kier molecular flexibility index (Phi) is 4.91. The summed E-state index contributed by atoms with van der Waals surface area (Å²) in [6.07, 6.45) is 1.72. The minimum atomic E-state index is -0.328. The number of alkyl carbamates (subject to hydrolysis) is 1. The molecule has 1 N–H and O–H groups in total. The van der Waals surface area contributed by atoms with Crippen LogP contribution < -0.4 is 10.2 Å². The van der Waals surface area contributed by atoms with Crippen molar-refractivity contribution in [2.24, 2.45) is 0 Å². The molecular formula is C14H19ClN2O2. The maximum Gasteiger partial charge on any atom is 0.407 e. The van der Waals surface area contributed by atoms with Gasteiger partial charge >= 0.3 is 6.09 Å². The summed E-state index contributed by atoms with van der Waals surface area (Å²) in [5.74, 6) is 0. The van der Waals surface area contributed by atoms with E-state index >= 15 is 0 Å². The molecule has 1 unspecified atom stereocenters. The van der Waals surface area contributed by atoms with Gasteiger partial charge in [-0.3, -0.25) is 0 Å². The van der Waals surface area contributed by atoms with E-state index < -0.39 is 0 Å². The summed E-state index contributed by atoms with van der Waals surface area (Å²) in [7, 11) is 0. The number of benzene rings is 1. The molecule has 0 aliphatic carbocycles. The van der Waals surface area contributed by atoms with Crippen molar-refractivity contribution in [2.75, 3.05) is 24.6 Å². The fourth-order valence-corrected chi connectivity index (χ4v) is 2.45. The van der Waals surface area contributed by atoms with E-state index in [1.807, 2.05) is 24.3 Å². The van der Waals surface area contributed by atoms with Gasteiger partial charge < -0.3 is 15.0 Å². The highest BCUT2D eigenvalue weighted by atomic mass is 35.5. The van der Waals surface area contributed by atoms with Crippen molar-refractivity contribution in [1.29, 1.82) is 0 Å². The van der Waals surface area contributed by atoms with Crippen LogP contribution in [0.4, 0.5) is 10.5 Å². The predicted molar refractivity (Wildman–Crippen MR) is 76.8 cm³/mol. The van der Waals surface area contributed by atoms with Gasteiger partial charge in [-0.2, -0.15) is 0 Å². The average molecular weight is 283 g/mol. The molecule has 1 aromatic carbocycles. The van der Waals surface area contributed by atoms with Crippen molar-refractivity contribution in [3.63, 3.8) is 0 Å². The van der Waals surface area contributed by atoms with Gasteiger partial charge in [-0.25, -0.2) is 4.79 Å². The largest absolute Gasteiger partial charge is 0.450 e. The van der Waals surface area contributed by atoms with Gasteiger partial charge in [0.05, 0.1) is 6.61 Å². The van der Waals surface area contributed by atoms with Crippen LogP contribution in [-0.4, -0.2) is 31.8 Å². The van der Waals surface area contributed by atoms with Crippen LogP contribution >= 0.6 is 11.6 Å². The SMILES string of the molecule is CCOC(=O)NC1CCCN(c2ccc(Cl)cc2)C1. The summed E-state index contributed by atoms with van der Waals surface area (Å²) in [6, 6.07) is 7.94. The molecule has 0 aromatic heterocycles. The molecule has 1 aliphatic rings. The monoisotopic (exact) mass is 282 g/mol. The molecule has 0 saturated carbocycles. The molecular weight excluding hydrogens is 264 g/mol. The Bertz CT molecular complexity index is 422. The van der Waals surface area contributed by atoms with E-state index in [1.165, 1.54) is 0 Å². The summed E-state index contributed by atoms with van der Waals surface area (Å²) >= 11 is 5.89. The van der Waals surface area contributed by atoms with Crippen LogP contribution in [0.3, 0.4) is 0 Å². The van der Waals surface area contributed by atoms with Gasteiger partial charge in [0.25, 0.3) is 0 Å². The Morgan fingerprint density at radius 3 is 2.89 bits per heavy atom. The summed E-state index contributed by atoms with van der Waals surface area (Å²) < 4.78 is 4.92. The molecule has 19 heavy (non-hydrogen) atoms. The summed E-state index contributed by atoms with van der Waals surface area (Å²) in [6.45, 7) is 4.02. The predicted octanol–water partition coefficient (Wildman–Crippen LogP) is 3.05. The number of carbonyl (C=O) groups is 1.